The van der Waals surface area contributed by atoms with Gasteiger partial charge in [-0.3, -0.25) is 13.9 Å². The largest absolute Gasteiger partial charge is 0.352 e. The van der Waals surface area contributed by atoms with Crippen LogP contribution in [0.3, 0.4) is 0 Å². The quantitative estimate of drug-likeness (QED) is 0.331. The lowest BCUT2D eigenvalue weighted by molar-refractivity contribution is -0.139. The van der Waals surface area contributed by atoms with Crippen LogP contribution in [0.4, 0.5) is 5.69 Å². The lowest BCUT2D eigenvalue weighted by Gasteiger charge is -2.33. The molecule has 0 fully saturated rings. The van der Waals surface area contributed by atoms with Crippen LogP contribution >= 0.6 is 11.6 Å². The number of nitrogens with zero attached hydrogens (tertiary/aromatic N) is 2. The number of nitrogens with one attached hydrogen (secondary N) is 1. The molecule has 0 bridgehead atoms. The van der Waals surface area contributed by atoms with Crippen LogP contribution in [-0.2, 0) is 26.2 Å². The van der Waals surface area contributed by atoms with Crippen molar-refractivity contribution in [2.45, 2.75) is 64.6 Å². The first-order valence-corrected chi connectivity index (χ1v) is 14.8. The number of aryl methyl sites for hydroxylation is 1. The topological polar surface area (TPSA) is 86.8 Å². The second-order valence-electron chi connectivity index (χ2n) is 9.71. The summed E-state index contributed by atoms with van der Waals surface area (Å²) in [6.07, 6.45) is 0.738. The number of hydrogen-bond donors (Lipinski definition) is 1. The van der Waals surface area contributed by atoms with E-state index in [0.29, 0.717) is 16.3 Å². The summed E-state index contributed by atoms with van der Waals surface area (Å²) >= 11 is 6.36. The number of anilines is 1. The molecule has 3 aromatic carbocycles. The second-order valence-corrected chi connectivity index (χ2v) is 12.0. The Morgan fingerprint density at radius 1 is 0.949 bits per heavy atom. The van der Waals surface area contributed by atoms with Gasteiger partial charge in [-0.25, -0.2) is 8.42 Å². The molecule has 0 aromatic heterocycles. The summed E-state index contributed by atoms with van der Waals surface area (Å²) < 4.78 is 28.8. The highest BCUT2D eigenvalue weighted by Crippen LogP contribution is 2.31. The Kier molecular flexibility index (Phi) is 10.2. The predicted molar refractivity (Wildman–Crippen MR) is 156 cm³/mol. The molecule has 0 heterocycles. The highest BCUT2D eigenvalue weighted by Gasteiger charge is 2.33. The van der Waals surface area contributed by atoms with Crippen LogP contribution < -0.4 is 9.62 Å². The molecule has 0 radical (unpaired) electrons. The van der Waals surface area contributed by atoms with Crippen LogP contribution in [0.2, 0.25) is 5.02 Å². The second kappa shape index (κ2) is 13.1. The maximum atomic E-state index is 14.0. The van der Waals surface area contributed by atoms with Gasteiger partial charge >= 0.3 is 0 Å². The van der Waals surface area contributed by atoms with E-state index in [9.17, 15) is 18.0 Å². The molecule has 1 N–H and O–H groups in total. The summed E-state index contributed by atoms with van der Waals surface area (Å²) in [7, 11) is -4.14. The fourth-order valence-electron chi connectivity index (χ4n) is 4.15. The molecule has 2 amide bonds. The van der Waals surface area contributed by atoms with Gasteiger partial charge < -0.3 is 10.2 Å². The highest BCUT2D eigenvalue weighted by molar-refractivity contribution is 7.92. The first-order chi connectivity index (χ1) is 18.4. The normalized spacial score (nSPS) is 12.9. The van der Waals surface area contributed by atoms with E-state index >= 15 is 0 Å². The SMILES string of the molecule is CCC(C)NC(=O)C(C)N(Cc1cccc(C)c1)C(=O)CN(c1cccc(Cl)c1C)S(=O)(=O)c1ccccc1. The van der Waals surface area contributed by atoms with Gasteiger partial charge in [0.1, 0.15) is 12.6 Å². The van der Waals surface area contributed by atoms with E-state index in [0.717, 1.165) is 21.9 Å². The van der Waals surface area contributed by atoms with Crippen LogP contribution in [0.15, 0.2) is 77.7 Å². The number of halogens is 1. The van der Waals surface area contributed by atoms with E-state index in [-0.39, 0.29) is 23.4 Å². The Morgan fingerprint density at radius 3 is 2.26 bits per heavy atom. The Labute approximate surface area is 236 Å². The fourth-order valence-corrected chi connectivity index (χ4v) is 5.82. The van der Waals surface area contributed by atoms with E-state index in [2.05, 4.69) is 5.32 Å². The van der Waals surface area contributed by atoms with E-state index in [1.54, 1.807) is 50.2 Å². The molecule has 7 nitrogen and oxygen atoms in total. The van der Waals surface area contributed by atoms with Gasteiger partial charge in [0.25, 0.3) is 10.0 Å². The van der Waals surface area contributed by atoms with Gasteiger partial charge in [0.2, 0.25) is 11.8 Å². The minimum Gasteiger partial charge on any atom is -0.352 e. The first-order valence-electron chi connectivity index (χ1n) is 12.9. The molecule has 0 aliphatic rings. The van der Waals surface area contributed by atoms with Gasteiger partial charge in [0.05, 0.1) is 10.6 Å². The number of hydrogen-bond acceptors (Lipinski definition) is 4. The maximum absolute atomic E-state index is 14.0. The van der Waals surface area contributed by atoms with Crippen molar-refractivity contribution in [1.29, 1.82) is 0 Å². The van der Waals surface area contributed by atoms with E-state index in [1.807, 2.05) is 45.0 Å². The van der Waals surface area contributed by atoms with Crippen molar-refractivity contribution in [2.24, 2.45) is 0 Å². The van der Waals surface area contributed by atoms with Crippen molar-refractivity contribution in [3.05, 3.63) is 94.5 Å². The molecule has 2 unspecified atom stereocenters. The molecular weight excluding hydrogens is 534 g/mol. The molecule has 0 aliphatic carbocycles. The molecule has 2 atom stereocenters. The minimum atomic E-state index is -4.14. The summed E-state index contributed by atoms with van der Waals surface area (Å²) in [5, 5.41) is 3.32. The molecular formula is C30H36ClN3O4S. The smallest absolute Gasteiger partial charge is 0.264 e. The van der Waals surface area contributed by atoms with Gasteiger partial charge in [0.15, 0.2) is 0 Å². The Balaban J connectivity index is 2.06. The monoisotopic (exact) mass is 569 g/mol. The lowest BCUT2D eigenvalue weighted by atomic mass is 10.1. The van der Waals surface area contributed by atoms with Crippen LogP contribution in [0.25, 0.3) is 0 Å². The number of rotatable bonds is 11. The lowest BCUT2D eigenvalue weighted by Crippen LogP contribution is -2.52. The zero-order valence-electron chi connectivity index (χ0n) is 23.0. The van der Waals surface area contributed by atoms with Crippen molar-refractivity contribution < 1.29 is 18.0 Å². The summed E-state index contributed by atoms with van der Waals surface area (Å²) in [5.41, 5.74) is 2.67. The van der Waals surface area contributed by atoms with Crippen molar-refractivity contribution >= 4 is 39.1 Å². The van der Waals surface area contributed by atoms with Crippen LogP contribution in [0.1, 0.15) is 43.9 Å². The van der Waals surface area contributed by atoms with Crippen molar-refractivity contribution in [1.82, 2.24) is 10.2 Å². The summed E-state index contributed by atoms with van der Waals surface area (Å²) in [5.74, 6) is -0.816. The summed E-state index contributed by atoms with van der Waals surface area (Å²) in [6.45, 7) is 8.81. The molecule has 0 spiro atoms. The molecule has 3 rings (SSSR count). The number of sulfonamides is 1. The number of amides is 2. The molecule has 3 aromatic rings. The third kappa shape index (κ3) is 7.40. The first kappa shape index (κ1) is 30.2. The van der Waals surface area contributed by atoms with Gasteiger partial charge in [-0.15, -0.1) is 0 Å². The highest BCUT2D eigenvalue weighted by atomic mass is 35.5. The standard InChI is InChI=1S/C30H36ClN3O4S/c1-6-22(3)32-30(36)24(5)33(19-25-13-10-12-21(2)18-25)29(35)20-34(28-17-11-16-27(31)23(28)4)39(37,38)26-14-8-7-9-15-26/h7-18,22,24H,6,19-20H2,1-5H3,(H,32,36). The summed E-state index contributed by atoms with van der Waals surface area (Å²) in [4.78, 5) is 28.6. The van der Waals surface area contributed by atoms with Crippen molar-refractivity contribution in [3.63, 3.8) is 0 Å². The number of carbonyl (C=O) groups excluding carboxylic acids is 2. The number of carbonyl (C=O) groups is 2. The third-order valence-corrected chi connectivity index (χ3v) is 8.91. The molecule has 0 saturated carbocycles. The Morgan fingerprint density at radius 2 is 1.62 bits per heavy atom. The molecule has 0 aliphatic heterocycles. The molecule has 0 saturated heterocycles. The zero-order chi connectivity index (χ0) is 28.7. The Bertz CT molecular complexity index is 1410. The van der Waals surface area contributed by atoms with Crippen molar-refractivity contribution in [2.75, 3.05) is 10.8 Å². The average molecular weight is 570 g/mol. The maximum Gasteiger partial charge on any atom is 0.264 e. The Hall–Kier alpha value is -3.36. The van der Waals surface area contributed by atoms with E-state index in [4.69, 9.17) is 11.6 Å². The van der Waals surface area contributed by atoms with Gasteiger partial charge in [0, 0.05) is 17.6 Å². The predicted octanol–water partition coefficient (Wildman–Crippen LogP) is 5.48. The summed E-state index contributed by atoms with van der Waals surface area (Å²) in [6, 6.07) is 19.6. The van der Waals surface area contributed by atoms with Crippen LogP contribution in [0, 0.1) is 13.8 Å². The van der Waals surface area contributed by atoms with Crippen LogP contribution in [-0.4, -0.2) is 43.8 Å². The minimum absolute atomic E-state index is 0.0463. The number of benzene rings is 3. The van der Waals surface area contributed by atoms with Gasteiger partial charge in [-0.2, -0.15) is 0 Å². The van der Waals surface area contributed by atoms with Gasteiger partial charge in [-0.1, -0.05) is 72.6 Å². The van der Waals surface area contributed by atoms with Crippen molar-refractivity contribution in [3.8, 4) is 0 Å². The van der Waals surface area contributed by atoms with E-state index in [1.165, 1.54) is 17.0 Å². The molecule has 39 heavy (non-hydrogen) atoms. The van der Waals surface area contributed by atoms with Gasteiger partial charge in [-0.05, 0) is 69.5 Å². The zero-order valence-corrected chi connectivity index (χ0v) is 24.6. The molecule has 208 valence electrons. The van der Waals surface area contributed by atoms with Crippen LogP contribution in [0.5, 0.6) is 0 Å². The fraction of sp³-hybridized carbons (Fsp3) is 0.333. The van der Waals surface area contributed by atoms with E-state index < -0.39 is 28.5 Å². The average Bonchev–Trinajstić information content (AvgIpc) is 2.92. The third-order valence-electron chi connectivity index (χ3n) is 6.72. The molecule has 9 heteroatoms.